The average molecular weight is 287 g/mol. The molecule has 5 nitrogen and oxygen atoms in total. The summed E-state index contributed by atoms with van der Waals surface area (Å²) in [6.45, 7) is 0.0822. The molecule has 0 unspecified atom stereocenters. The van der Waals surface area contributed by atoms with Gasteiger partial charge in [-0.3, -0.25) is 4.79 Å². The van der Waals surface area contributed by atoms with Crippen molar-refractivity contribution in [3.8, 4) is 0 Å². The Hall–Kier alpha value is -1.56. The number of likely N-dealkylation sites (N-methyl/N-ethyl adjacent to an activating group) is 1. The first-order valence-corrected chi connectivity index (χ1v) is 5.23. The van der Waals surface area contributed by atoms with Crippen LogP contribution in [-0.2, 0) is 4.79 Å². The molecular weight excluding hydrogens is 276 g/mol. The van der Waals surface area contributed by atoms with Crippen LogP contribution in [0, 0.1) is 0 Å². The van der Waals surface area contributed by atoms with Gasteiger partial charge < -0.3 is 15.7 Å². The van der Waals surface area contributed by atoms with Crippen molar-refractivity contribution in [2.45, 2.75) is 0 Å². The second kappa shape index (κ2) is 4.98. The summed E-state index contributed by atoms with van der Waals surface area (Å²) >= 11 is 3.16. The van der Waals surface area contributed by atoms with Crippen molar-refractivity contribution in [2.24, 2.45) is 5.73 Å². The quantitative estimate of drug-likeness (QED) is 0.867. The number of nitrogens with two attached hydrogens (primary N) is 1. The van der Waals surface area contributed by atoms with Crippen molar-refractivity contribution in [1.82, 2.24) is 0 Å². The molecule has 0 saturated carbocycles. The number of carboxylic acids is 1. The lowest BCUT2D eigenvalue weighted by molar-refractivity contribution is -0.116. The van der Waals surface area contributed by atoms with Gasteiger partial charge in [0.25, 0.3) is 0 Å². The van der Waals surface area contributed by atoms with Crippen LogP contribution in [0.4, 0.5) is 5.69 Å². The minimum Gasteiger partial charge on any atom is -0.478 e. The van der Waals surface area contributed by atoms with Crippen LogP contribution in [0.5, 0.6) is 0 Å². The summed E-state index contributed by atoms with van der Waals surface area (Å²) in [5.74, 6) is -1.45. The van der Waals surface area contributed by atoms with Crippen LogP contribution in [0.25, 0.3) is 0 Å². The van der Waals surface area contributed by atoms with E-state index in [2.05, 4.69) is 15.9 Å². The van der Waals surface area contributed by atoms with Crippen molar-refractivity contribution >= 4 is 33.5 Å². The molecule has 0 fully saturated rings. The molecule has 1 aromatic rings. The topological polar surface area (TPSA) is 83.6 Å². The highest BCUT2D eigenvalue weighted by Crippen LogP contribution is 2.23. The first-order valence-electron chi connectivity index (χ1n) is 4.44. The van der Waals surface area contributed by atoms with Crippen LogP contribution < -0.4 is 10.6 Å². The number of carboxylic acid groups (broad SMARTS) is 1. The second-order valence-electron chi connectivity index (χ2n) is 3.29. The molecule has 0 radical (unpaired) electrons. The van der Waals surface area contributed by atoms with Gasteiger partial charge in [0.1, 0.15) is 0 Å². The summed E-state index contributed by atoms with van der Waals surface area (Å²) < 4.78 is 0.467. The summed E-state index contributed by atoms with van der Waals surface area (Å²) in [5.41, 5.74) is 5.96. The maximum Gasteiger partial charge on any atom is 0.336 e. The molecule has 1 rings (SSSR count). The summed E-state index contributed by atoms with van der Waals surface area (Å²) in [5, 5.41) is 8.82. The third kappa shape index (κ3) is 2.96. The molecule has 0 aliphatic rings. The van der Waals surface area contributed by atoms with E-state index in [1.165, 1.54) is 6.07 Å². The van der Waals surface area contributed by atoms with Gasteiger partial charge in [-0.15, -0.1) is 0 Å². The molecule has 0 atom stereocenters. The molecule has 1 aromatic carbocycles. The number of halogens is 1. The van der Waals surface area contributed by atoms with E-state index in [1.807, 2.05) is 0 Å². The third-order valence-corrected chi connectivity index (χ3v) is 2.67. The molecule has 0 saturated heterocycles. The lowest BCUT2D eigenvalue weighted by Crippen LogP contribution is -2.30. The van der Waals surface area contributed by atoms with E-state index in [4.69, 9.17) is 10.8 Å². The van der Waals surface area contributed by atoms with Crippen molar-refractivity contribution in [2.75, 3.05) is 18.5 Å². The molecule has 3 N–H and O–H groups in total. The summed E-state index contributed by atoms with van der Waals surface area (Å²) in [6, 6.07) is 4.72. The number of primary amides is 1. The van der Waals surface area contributed by atoms with Gasteiger partial charge in [-0.1, -0.05) is 0 Å². The van der Waals surface area contributed by atoms with E-state index in [1.54, 1.807) is 24.1 Å². The third-order valence-electron chi connectivity index (χ3n) is 2.02. The lowest BCUT2D eigenvalue weighted by atomic mass is 10.2. The Morgan fingerprint density at radius 2 is 2.12 bits per heavy atom. The zero-order valence-electron chi connectivity index (χ0n) is 8.61. The molecule has 0 bridgehead atoms. The number of nitrogens with zero attached hydrogens (tertiary/aromatic N) is 1. The fourth-order valence-corrected chi connectivity index (χ4v) is 1.78. The Morgan fingerprint density at radius 1 is 1.50 bits per heavy atom. The predicted molar refractivity (Wildman–Crippen MR) is 63.6 cm³/mol. The molecule has 0 aliphatic heterocycles. The molecule has 0 spiro atoms. The standard InChI is InChI=1S/C10H11BrN2O3/c1-13(5-9(12)14)6-2-3-7(10(15)16)8(11)4-6/h2-4H,5H2,1H3,(H2,12,14)(H,15,16). The zero-order valence-corrected chi connectivity index (χ0v) is 10.2. The minimum atomic E-state index is -1.00. The van der Waals surface area contributed by atoms with Crippen LogP contribution in [0.15, 0.2) is 22.7 Å². The first kappa shape index (κ1) is 12.5. The maximum atomic E-state index is 10.8. The van der Waals surface area contributed by atoms with Gasteiger partial charge in [0.15, 0.2) is 0 Å². The fraction of sp³-hybridized carbons (Fsp3) is 0.200. The molecule has 0 aliphatic carbocycles. The number of carbonyl (C=O) groups excluding carboxylic acids is 1. The van der Waals surface area contributed by atoms with Crippen LogP contribution in [0.2, 0.25) is 0 Å². The smallest absolute Gasteiger partial charge is 0.336 e. The highest BCUT2D eigenvalue weighted by molar-refractivity contribution is 9.10. The number of rotatable bonds is 4. The maximum absolute atomic E-state index is 10.8. The number of aromatic carboxylic acids is 1. The number of carbonyl (C=O) groups is 2. The van der Waals surface area contributed by atoms with Gasteiger partial charge in [-0.25, -0.2) is 4.79 Å². The molecular formula is C10H11BrN2O3. The van der Waals surface area contributed by atoms with E-state index in [0.717, 1.165) is 5.69 Å². The van der Waals surface area contributed by atoms with Gasteiger partial charge >= 0.3 is 5.97 Å². The zero-order chi connectivity index (χ0) is 12.3. The number of hydrogen-bond donors (Lipinski definition) is 2. The molecule has 0 aromatic heterocycles. The minimum absolute atomic E-state index is 0.0822. The van der Waals surface area contributed by atoms with Crippen molar-refractivity contribution < 1.29 is 14.7 Å². The van der Waals surface area contributed by atoms with E-state index in [-0.39, 0.29) is 12.1 Å². The van der Waals surface area contributed by atoms with E-state index in [0.29, 0.717) is 4.47 Å². The Labute approximate surface area is 101 Å². The van der Waals surface area contributed by atoms with Crippen LogP contribution in [-0.4, -0.2) is 30.6 Å². The summed E-state index contributed by atoms with van der Waals surface area (Å²) in [6.07, 6.45) is 0. The highest BCUT2D eigenvalue weighted by Gasteiger charge is 2.11. The largest absolute Gasteiger partial charge is 0.478 e. The Balaban J connectivity index is 2.96. The van der Waals surface area contributed by atoms with E-state index < -0.39 is 11.9 Å². The number of amides is 1. The monoisotopic (exact) mass is 286 g/mol. The fourth-order valence-electron chi connectivity index (χ4n) is 1.24. The van der Waals surface area contributed by atoms with E-state index >= 15 is 0 Å². The normalized spacial score (nSPS) is 9.88. The van der Waals surface area contributed by atoms with Crippen LogP contribution in [0.1, 0.15) is 10.4 Å². The lowest BCUT2D eigenvalue weighted by Gasteiger charge is -2.17. The van der Waals surface area contributed by atoms with Gasteiger partial charge in [-0.2, -0.15) is 0 Å². The van der Waals surface area contributed by atoms with Gasteiger partial charge in [0.2, 0.25) is 5.91 Å². The van der Waals surface area contributed by atoms with Gasteiger partial charge in [0.05, 0.1) is 12.1 Å². The Morgan fingerprint density at radius 3 is 2.56 bits per heavy atom. The van der Waals surface area contributed by atoms with Crippen molar-refractivity contribution in [3.05, 3.63) is 28.2 Å². The predicted octanol–water partition coefficient (Wildman–Crippen LogP) is 1.07. The molecule has 86 valence electrons. The Kier molecular flexibility index (Phi) is 3.89. The molecule has 6 heteroatoms. The average Bonchev–Trinajstić information content (AvgIpc) is 2.15. The van der Waals surface area contributed by atoms with Crippen molar-refractivity contribution in [1.29, 1.82) is 0 Å². The van der Waals surface area contributed by atoms with Gasteiger partial charge in [0, 0.05) is 17.2 Å². The number of benzene rings is 1. The SMILES string of the molecule is CN(CC(N)=O)c1ccc(C(=O)O)c(Br)c1. The van der Waals surface area contributed by atoms with Crippen molar-refractivity contribution in [3.63, 3.8) is 0 Å². The summed E-state index contributed by atoms with van der Waals surface area (Å²) in [4.78, 5) is 23.1. The summed E-state index contributed by atoms with van der Waals surface area (Å²) in [7, 11) is 1.70. The van der Waals surface area contributed by atoms with Gasteiger partial charge in [-0.05, 0) is 34.1 Å². The Bertz CT molecular complexity index is 434. The van der Waals surface area contributed by atoms with Crippen LogP contribution in [0.3, 0.4) is 0 Å². The molecule has 0 heterocycles. The number of anilines is 1. The number of hydrogen-bond acceptors (Lipinski definition) is 3. The highest BCUT2D eigenvalue weighted by atomic mass is 79.9. The second-order valence-corrected chi connectivity index (χ2v) is 4.15. The van der Waals surface area contributed by atoms with Crippen LogP contribution >= 0.6 is 15.9 Å². The molecule has 1 amide bonds. The first-order chi connectivity index (χ1) is 7.41. The van der Waals surface area contributed by atoms with E-state index in [9.17, 15) is 9.59 Å². The molecule has 16 heavy (non-hydrogen) atoms.